The molecule has 52 heavy (non-hydrogen) atoms. The quantitative estimate of drug-likeness (QED) is 0.0481. The molecular formula is C39H71N3O10. The molecule has 0 spiro atoms. The molecule has 13 nitrogen and oxygen atoms in total. The van der Waals surface area contributed by atoms with E-state index in [0.717, 1.165) is 38.5 Å². The molecule has 0 saturated carbocycles. The standard InChI is InChI=1S/C39H71N3O10/c1-38(2,3)32(43)30-52-29-28-51-27-26-40-37(50)39(4,5)42-34(45)25-24-31(36(48)49)41-33(44)22-20-18-16-14-12-10-8-6-7-9-11-13-15-17-19-21-23-35(46)47/h31H,6-30H2,1-5H3,(H,40,50)(H,41,44)(H,42,45)(H,46,47)(H,48,49)/t31-/m0/s1. The molecule has 0 rings (SSSR count). The molecule has 3 amide bonds. The zero-order valence-electron chi connectivity index (χ0n) is 32.9. The van der Waals surface area contributed by atoms with Crippen molar-refractivity contribution in [1.29, 1.82) is 0 Å². The third-order valence-corrected chi connectivity index (χ3v) is 8.83. The van der Waals surface area contributed by atoms with E-state index in [2.05, 4.69) is 16.0 Å². The Labute approximate surface area is 312 Å². The fraction of sp³-hybridized carbons (Fsp3) is 0.846. The minimum absolute atomic E-state index is 0.00111. The summed E-state index contributed by atoms with van der Waals surface area (Å²) in [6.45, 7) is 9.52. The van der Waals surface area contributed by atoms with Gasteiger partial charge < -0.3 is 35.6 Å². The summed E-state index contributed by atoms with van der Waals surface area (Å²) in [7, 11) is 0. The Morgan fingerprint density at radius 3 is 1.50 bits per heavy atom. The Morgan fingerprint density at radius 2 is 1.04 bits per heavy atom. The average Bonchev–Trinajstić information content (AvgIpc) is 3.06. The van der Waals surface area contributed by atoms with Crippen LogP contribution < -0.4 is 16.0 Å². The van der Waals surface area contributed by atoms with Crippen LogP contribution in [0.3, 0.4) is 0 Å². The molecule has 0 aromatic heterocycles. The maximum atomic E-state index is 12.6. The first-order valence-electron chi connectivity index (χ1n) is 19.6. The number of Topliss-reactive ketones (excluding diaryl/α,β-unsaturated/α-hetero) is 1. The van der Waals surface area contributed by atoms with Gasteiger partial charge in [-0.1, -0.05) is 111 Å². The zero-order valence-corrected chi connectivity index (χ0v) is 32.9. The lowest BCUT2D eigenvalue weighted by molar-refractivity contribution is -0.142. The Kier molecular flexibility index (Phi) is 27.7. The number of rotatable bonds is 34. The highest BCUT2D eigenvalue weighted by Gasteiger charge is 2.30. The van der Waals surface area contributed by atoms with Crippen molar-refractivity contribution in [3.05, 3.63) is 0 Å². The van der Waals surface area contributed by atoms with Gasteiger partial charge >= 0.3 is 11.9 Å². The van der Waals surface area contributed by atoms with E-state index in [1.807, 2.05) is 20.8 Å². The summed E-state index contributed by atoms with van der Waals surface area (Å²) >= 11 is 0. The predicted octanol–water partition coefficient (Wildman–Crippen LogP) is 6.10. The second-order valence-electron chi connectivity index (χ2n) is 15.3. The number of carboxylic acid groups (broad SMARTS) is 2. The molecule has 0 aliphatic carbocycles. The number of ether oxygens (including phenoxy) is 2. The number of hydrogen-bond acceptors (Lipinski definition) is 8. The van der Waals surface area contributed by atoms with Crippen LogP contribution in [0, 0.1) is 5.41 Å². The van der Waals surface area contributed by atoms with Crippen molar-refractivity contribution in [2.75, 3.05) is 33.0 Å². The average molecular weight is 742 g/mol. The maximum absolute atomic E-state index is 12.6. The molecule has 13 heteroatoms. The van der Waals surface area contributed by atoms with Gasteiger partial charge in [0.2, 0.25) is 17.7 Å². The second kappa shape index (κ2) is 29.4. The number of hydrogen-bond donors (Lipinski definition) is 5. The lowest BCUT2D eigenvalue weighted by Crippen LogP contribution is -2.55. The minimum atomic E-state index is -1.25. The zero-order chi connectivity index (χ0) is 39.3. The van der Waals surface area contributed by atoms with E-state index in [1.165, 1.54) is 57.8 Å². The second-order valence-corrected chi connectivity index (χ2v) is 15.3. The number of carboxylic acids is 2. The normalized spacial score (nSPS) is 12.2. The third-order valence-electron chi connectivity index (χ3n) is 8.83. The van der Waals surface area contributed by atoms with Gasteiger partial charge in [-0.3, -0.25) is 24.0 Å². The van der Waals surface area contributed by atoms with E-state index in [1.54, 1.807) is 13.8 Å². The van der Waals surface area contributed by atoms with Gasteiger partial charge in [-0.25, -0.2) is 4.79 Å². The van der Waals surface area contributed by atoms with Gasteiger partial charge in [0.25, 0.3) is 0 Å². The summed E-state index contributed by atoms with van der Waals surface area (Å²) in [5.74, 6) is -3.20. The smallest absolute Gasteiger partial charge is 0.326 e. The van der Waals surface area contributed by atoms with Gasteiger partial charge in [0.15, 0.2) is 5.78 Å². The minimum Gasteiger partial charge on any atom is -0.481 e. The van der Waals surface area contributed by atoms with Crippen LogP contribution in [0.15, 0.2) is 0 Å². The number of ketones is 1. The van der Waals surface area contributed by atoms with Crippen LogP contribution in [0.1, 0.15) is 163 Å². The summed E-state index contributed by atoms with van der Waals surface area (Å²) in [5, 5.41) is 26.1. The molecule has 0 fully saturated rings. The van der Waals surface area contributed by atoms with E-state index >= 15 is 0 Å². The van der Waals surface area contributed by atoms with Crippen molar-refractivity contribution >= 4 is 35.4 Å². The van der Waals surface area contributed by atoms with Crippen LogP contribution in [0.5, 0.6) is 0 Å². The fourth-order valence-corrected chi connectivity index (χ4v) is 5.36. The largest absolute Gasteiger partial charge is 0.481 e. The van der Waals surface area contributed by atoms with E-state index in [9.17, 15) is 33.9 Å². The van der Waals surface area contributed by atoms with Crippen molar-refractivity contribution in [3.8, 4) is 0 Å². The molecule has 0 heterocycles. The van der Waals surface area contributed by atoms with E-state index < -0.39 is 40.7 Å². The maximum Gasteiger partial charge on any atom is 0.326 e. The molecule has 0 aromatic rings. The Hall–Kier alpha value is -3.06. The van der Waals surface area contributed by atoms with Crippen LogP contribution in [0.25, 0.3) is 0 Å². The summed E-state index contributed by atoms with van der Waals surface area (Å²) in [5.41, 5.74) is -1.71. The summed E-state index contributed by atoms with van der Waals surface area (Å²) in [6.07, 6.45) is 18.0. The van der Waals surface area contributed by atoms with E-state index in [0.29, 0.717) is 6.42 Å². The molecule has 0 radical (unpaired) electrons. The summed E-state index contributed by atoms with van der Waals surface area (Å²) < 4.78 is 10.7. The highest BCUT2D eigenvalue weighted by Crippen LogP contribution is 2.15. The number of carbonyl (C=O) groups is 6. The van der Waals surface area contributed by atoms with Crippen molar-refractivity contribution in [2.45, 2.75) is 175 Å². The number of nitrogens with one attached hydrogen (secondary N) is 3. The van der Waals surface area contributed by atoms with Crippen LogP contribution in [0.2, 0.25) is 0 Å². The molecule has 302 valence electrons. The third kappa shape index (κ3) is 28.5. The fourth-order valence-electron chi connectivity index (χ4n) is 5.36. The lowest BCUT2D eigenvalue weighted by atomic mass is 9.91. The first kappa shape index (κ1) is 48.9. The van der Waals surface area contributed by atoms with Gasteiger partial charge in [0.1, 0.15) is 18.2 Å². The molecule has 1 atom stereocenters. The molecule has 0 bridgehead atoms. The predicted molar refractivity (Wildman–Crippen MR) is 201 cm³/mol. The topological polar surface area (TPSA) is 197 Å². The highest BCUT2D eigenvalue weighted by atomic mass is 16.5. The molecule has 5 N–H and O–H groups in total. The summed E-state index contributed by atoms with van der Waals surface area (Å²) in [4.78, 5) is 71.6. The van der Waals surface area contributed by atoms with Gasteiger partial charge in [-0.2, -0.15) is 0 Å². The van der Waals surface area contributed by atoms with Crippen molar-refractivity contribution in [2.24, 2.45) is 5.41 Å². The number of amides is 3. The van der Waals surface area contributed by atoms with Crippen LogP contribution in [0.4, 0.5) is 0 Å². The van der Waals surface area contributed by atoms with Crippen LogP contribution in [-0.4, -0.2) is 90.2 Å². The first-order chi connectivity index (χ1) is 24.6. The lowest BCUT2D eigenvalue weighted by Gasteiger charge is -2.25. The SMILES string of the molecule is CC(C)(C)C(=O)COCCOCCNC(=O)C(C)(C)NC(=O)CC[C@H](NC(=O)CCCCCCCCCCCCCCCCCCC(=O)O)C(=O)O. The van der Waals surface area contributed by atoms with E-state index in [-0.39, 0.29) is 70.3 Å². The first-order valence-corrected chi connectivity index (χ1v) is 19.6. The van der Waals surface area contributed by atoms with Crippen LogP contribution >= 0.6 is 0 Å². The summed E-state index contributed by atoms with van der Waals surface area (Å²) in [6, 6.07) is -1.20. The Morgan fingerprint density at radius 1 is 0.577 bits per heavy atom. The van der Waals surface area contributed by atoms with E-state index in [4.69, 9.17) is 14.6 Å². The molecule has 0 aromatic carbocycles. The van der Waals surface area contributed by atoms with Crippen LogP contribution in [-0.2, 0) is 38.2 Å². The molecular weight excluding hydrogens is 670 g/mol. The molecule has 0 unspecified atom stereocenters. The molecule has 0 saturated heterocycles. The highest BCUT2D eigenvalue weighted by molar-refractivity contribution is 5.91. The van der Waals surface area contributed by atoms with Gasteiger partial charge in [0.05, 0.1) is 19.8 Å². The number of aliphatic carboxylic acids is 2. The Balaban J connectivity index is 3.96. The molecule has 0 aliphatic heterocycles. The monoisotopic (exact) mass is 742 g/mol. The van der Waals surface area contributed by atoms with Crippen molar-refractivity contribution < 1.29 is 48.5 Å². The van der Waals surface area contributed by atoms with Crippen molar-refractivity contribution in [1.82, 2.24) is 16.0 Å². The Bertz CT molecular complexity index is 1040. The molecule has 0 aliphatic rings. The van der Waals surface area contributed by atoms with Gasteiger partial charge in [-0.05, 0) is 33.1 Å². The van der Waals surface area contributed by atoms with Gasteiger partial charge in [0, 0.05) is 31.2 Å². The van der Waals surface area contributed by atoms with Crippen molar-refractivity contribution in [3.63, 3.8) is 0 Å². The number of carbonyl (C=O) groups excluding carboxylic acids is 4. The van der Waals surface area contributed by atoms with Gasteiger partial charge in [-0.15, -0.1) is 0 Å². The number of unbranched alkanes of at least 4 members (excludes halogenated alkanes) is 15.